The Balaban J connectivity index is 0.00000200. The summed E-state index contributed by atoms with van der Waals surface area (Å²) in [6.45, 7) is 0.748. The molecule has 0 fully saturated rings. The summed E-state index contributed by atoms with van der Waals surface area (Å²) in [5.41, 5.74) is 2.05. The Bertz CT molecular complexity index is 529. The number of aromatic hydroxyl groups is 1. The molecule has 0 spiro atoms. The van der Waals surface area contributed by atoms with Gasteiger partial charge in [0.15, 0.2) is 0 Å². The molecule has 0 saturated heterocycles. The van der Waals surface area contributed by atoms with Crippen molar-refractivity contribution in [3.63, 3.8) is 0 Å². The van der Waals surface area contributed by atoms with E-state index in [2.05, 4.69) is 10.3 Å². The van der Waals surface area contributed by atoms with Gasteiger partial charge >= 0.3 is 29.6 Å². The number of unbranched alkanes of at least 4 members (excludes halogenated alkanes) is 1. The van der Waals surface area contributed by atoms with Crippen LogP contribution in [0.15, 0.2) is 30.5 Å². The van der Waals surface area contributed by atoms with Crippen molar-refractivity contribution in [2.24, 2.45) is 0 Å². The van der Waals surface area contributed by atoms with Gasteiger partial charge in [0.1, 0.15) is 5.75 Å². The van der Waals surface area contributed by atoms with E-state index in [1.54, 1.807) is 16.8 Å². The van der Waals surface area contributed by atoms with Gasteiger partial charge in [-0.2, -0.15) is 6.42 Å². The Hall–Kier alpha value is -1.21. The summed E-state index contributed by atoms with van der Waals surface area (Å²) >= 11 is 0. The first kappa shape index (κ1) is 19.8. The second-order valence-corrected chi connectivity index (χ2v) is 4.39. The van der Waals surface area contributed by atoms with E-state index in [0.717, 1.165) is 37.1 Å². The molecule has 0 aliphatic carbocycles. The molecular formula is C14H17N3NaO3-. The average Bonchev–Trinajstić information content (AvgIpc) is 2.86. The maximum Gasteiger partial charge on any atom is 1.00 e. The Morgan fingerprint density at radius 2 is 1.90 bits per heavy atom. The molecule has 1 heterocycles. The van der Waals surface area contributed by atoms with Crippen LogP contribution < -0.4 is 29.6 Å². The maximum atomic E-state index is 10.1. The molecule has 2 rings (SSSR count). The van der Waals surface area contributed by atoms with E-state index in [9.17, 15) is 9.90 Å². The molecule has 2 N–H and O–H groups in total. The van der Waals surface area contributed by atoms with Gasteiger partial charge in [0.05, 0.1) is 5.69 Å². The zero-order chi connectivity index (χ0) is 13.5. The first-order chi connectivity index (χ1) is 9.28. The molecule has 0 atom stereocenters. The van der Waals surface area contributed by atoms with Gasteiger partial charge in [-0.3, -0.25) is 11.0 Å². The minimum absolute atomic E-state index is 0. The molecule has 21 heavy (non-hydrogen) atoms. The van der Waals surface area contributed by atoms with Crippen molar-refractivity contribution < 1.29 is 44.9 Å². The zero-order valence-corrected chi connectivity index (χ0v) is 14.1. The molecule has 0 amide bonds. The first-order valence-corrected chi connectivity index (χ1v) is 6.30. The third-order valence-corrected chi connectivity index (χ3v) is 2.86. The molecule has 0 saturated carbocycles. The van der Waals surface area contributed by atoms with Crippen LogP contribution in [0.25, 0.3) is 0 Å². The van der Waals surface area contributed by atoms with Crippen LogP contribution in [0.1, 0.15) is 24.1 Å². The fraction of sp³-hybridized carbons (Fsp3) is 0.357. The van der Waals surface area contributed by atoms with E-state index in [-0.39, 0.29) is 40.8 Å². The van der Waals surface area contributed by atoms with E-state index in [0.29, 0.717) is 6.42 Å². The number of aryl methyl sites for hydroxylation is 3. The van der Waals surface area contributed by atoms with Crippen LogP contribution in [0.5, 0.6) is 5.75 Å². The quantitative estimate of drug-likeness (QED) is 0.380. The SMILES string of the molecule is O=[C-]CCCc1cn(CCc2ccc(O)cc2)nn1.[Na+].[OH-]. The minimum atomic E-state index is 0. The fourth-order valence-corrected chi connectivity index (χ4v) is 1.81. The number of nitrogens with zero attached hydrogens (tertiary/aromatic N) is 3. The van der Waals surface area contributed by atoms with Gasteiger partial charge in [0.2, 0.25) is 0 Å². The largest absolute Gasteiger partial charge is 1.00 e. The molecule has 6 nitrogen and oxygen atoms in total. The topological polar surface area (TPSA) is 98.0 Å². The van der Waals surface area contributed by atoms with Crippen molar-refractivity contribution in [1.29, 1.82) is 0 Å². The number of carbonyl (C=O) groups excluding carboxylic acids is 1. The standard InChI is InChI=1S/C14H16N3O2.Na.H2O/c18-10-2-1-3-13-11-17(16-15-13)9-8-12-4-6-14(19)7-5-12;;/h4-7,11,19H,1-3,8-9H2;;1H2/q-1;+1;/p-1. The Kier molecular flexibility index (Phi) is 9.90. The third-order valence-electron chi connectivity index (χ3n) is 2.86. The molecule has 2 aromatic rings. The smallest absolute Gasteiger partial charge is 0.870 e. The van der Waals surface area contributed by atoms with Crippen LogP contribution in [-0.4, -0.2) is 31.9 Å². The molecule has 1 aromatic heterocycles. The van der Waals surface area contributed by atoms with Crippen molar-refractivity contribution in [3.05, 3.63) is 41.7 Å². The number of rotatable bonds is 7. The summed E-state index contributed by atoms with van der Waals surface area (Å²) in [5, 5.41) is 17.3. The van der Waals surface area contributed by atoms with Crippen molar-refractivity contribution >= 4 is 6.29 Å². The summed E-state index contributed by atoms with van der Waals surface area (Å²) in [5.74, 6) is 0.277. The minimum Gasteiger partial charge on any atom is -0.870 e. The zero-order valence-electron chi connectivity index (χ0n) is 12.1. The van der Waals surface area contributed by atoms with E-state index in [1.807, 2.05) is 24.6 Å². The second-order valence-electron chi connectivity index (χ2n) is 4.39. The fourth-order valence-electron chi connectivity index (χ4n) is 1.81. The number of phenols is 1. The number of hydrogen-bond acceptors (Lipinski definition) is 5. The second kappa shape index (κ2) is 10.5. The summed E-state index contributed by atoms with van der Waals surface area (Å²) < 4.78 is 1.80. The van der Waals surface area contributed by atoms with Crippen molar-refractivity contribution in [2.75, 3.05) is 0 Å². The van der Waals surface area contributed by atoms with Crippen LogP contribution in [0.3, 0.4) is 0 Å². The predicted molar refractivity (Wildman–Crippen MR) is 72.4 cm³/mol. The Morgan fingerprint density at radius 3 is 2.57 bits per heavy atom. The van der Waals surface area contributed by atoms with E-state index in [1.165, 1.54) is 0 Å². The summed E-state index contributed by atoms with van der Waals surface area (Å²) in [7, 11) is 0. The Morgan fingerprint density at radius 1 is 1.19 bits per heavy atom. The van der Waals surface area contributed by atoms with Gasteiger partial charge in [-0.05, 0) is 30.5 Å². The monoisotopic (exact) mass is 298 g/mol. The van der Waals surface area contributed by atoms with Gasteiger partial charge in [-0.15, -0.1) is 5.10 Å². The van der Waals surface area contributed by atoms with Crippen LogP contribution in [0.2, 0.25) is 0 Å². The van der Waals surface area contributed by atoms with Crippen LogP contribution in [-0.2, 0) is 24.2 Å². The van der Waals surface area contributed by atoms with Crippen molar-refractivity contribution in [2.45, 2.75) is 32.2 Å². The third kappa shape index (κ3) is 6.86. The first-order valence-electron chi connectivity index (χ1n) is 6.30. The molecule has 108 valence electrons. The molecule has 0 radical (unpaired) electrons. The van der Waals surface area contributed by atoms with Crippen molar-refractivity contribution in [3.8, 4) is 5.75 Å². The molecule has 7 heteroatoms. The predicted octanol–water partition coefficient (Wildman–Crippen LogP) is -1.51. The molecule has 0 aliphatic heterocycles. The van der Waals surface area contributed by atoms with Gasteiger partial charge in [-0.1, -0.05) is 23.8 Å². The summed E-state index contributed by atoms with van der Waals surface area (Å²) in [4.78, 5) is 10.1. The Labute approximate surface area is 145 Å². The normalized spacial score (nSPS) is 9.52. The van der Waals surface area contributed by atoms with Gasteiger partial charge in [0.25, 0.3) is 0 Å². The number of benzene rings is 1. The number of aromatic nitrogens is 3. The van der Waals surface area contributed by atoms with Crippen LogP contribution in [0.4, 0.5) is 0 Å². The molecule has 0 bridgehead atoms. The number of phenolic OH excluding ortho intramolecular Hbond substituents is 1. The van der Waals surface area contributed by atoms with Crippen LogP contribution in [0, 0.1) is 0 Å². The van der Waals surface area contributed by atoms with E-state index >= 15 is 0 Å². The van der Waals surface area contributed by atoms with Gasteiger partial charge < -0.3 is 15.4 Å². The van der Waals surface area contributed by atoms with Gasteiger partial charge in [-0.25, -0.2) is 0 Å². The van der Waals surface area contributed by atoms with Gasteiger partial charge in [0, 0.05) is 12.7 Å². The summed E-state index contributed by atoms with van der Waals surface area (Å²) in [6.07, 6.45) is 6.58. The molecule has 1 aromatic carbocycles. The summed E-state index contributed by atoms with van der Waals surface area (Å²) in [6, 6.07) is 7.15. The van der Waals surface area contributed by atoms with E-state index < -0.39 is 0 Å². The molecule has 0 aliphatic rings. The maximum absolute atomic E-state index is 10.1. The van der Waals surface area contributed by atoms with Crippen molar-refractivity contribution in [1.82, 2.24) is 15.0 Å². The van der Waals surface area contributed by atoms with E-state index in [4.69, 9.17) is 0 Å². The number of hydrogen-bond donors (Lipinski definition) is 1. The molecular weight excluding hydrogens is 281 g/mol. The molecule has 0 unspecified atom stereocenters. The van der Waals surface area contributed by atoms with Crippen LogP contribution >= 0.6 is 0 Å². The average molecular weight is 298 g/mol.